The first kappa shape index (κ1) is 16.2. The van der Waals surface area contributed by atoms with Crippen LogP contribution in [0, 0.1) is 17.5 Å². The average molecular weight is 350 g/mol. The highest BCUT2D eigenvalue weighted by atomic mass is 32.1. The van der Waals surface area contributed by atoms with Gasteiger partial charge in [0, 0.05) is 10.1 Å². The van der Waals surface area contributed by atoms with Gasteiger partial charge in [0.15, 0.2) is 6.61 Å². The number of thiophene rings is 1. The number of ketones is 1. The summed E-state index contributed by atoms with van der Waals surface area (Å²) in [5.41, 5.74) is -0.495. The summed E-state index contributed by atoms with van der Waals surface area (Å²) in [6.07, 6.45) is 0. The molecule has 0 atom stereocenters. The zero-order chi connectivity index (χ0) is 17.3. The van der Waals surface area contributed by atoms with Crippen LogP contribution in [-0.2, 0) is 4.74 Å². The molecule has 0 amide bonds. The predicted octanol–water partition coefficient (Wildman–Crippen LogP) is 4.36. The van der Waals surface area contributed by atoms with Crippen molar-refractivity contribution in [2.45, 2.75) is 0 Å². The molecule has 0 aliphatic rings. The zero-order valence-corrected chi connectivity index (χ0v) is 12.8. The second-order valence-electron chi connectivity index (χ2n) is 4.89. The third kappa shape index (κ3) is 3.16. The molecule has 1 heterocycles. The number of halogens is 3. The number of rotatable bonds is 4. The van der Waals surface area contributed by atoms with E-state index in [9.17, 15) is 22.8 Å². The molecule has 0 aliphatic heterocycles. The molecule has 2 aromatic carbocycles. The molecular weight excluding hydrogens is 341 g/mol. The third-order valence-electron chi connectivity index (χ3n) is 3.27. The van der Waals surface area contributed by atoms with Gasteiger partial charge in [0.1, 0.15) is 22.3 Å². The second kappa shape index (κ2) is 6.45. The highest BCUT2D eigenvalue weighted by Gasteiger charge is 2.18. The van der Waals surface area contributed by atoms with Crippen LogP contribution >= 0.6 is 11.3 Å². The largest absolute Gasteiger partial charge is 0.453 e. The van der Waals surface area contributed by atoms with Gasteiger partial charge in [0.2, 0.25) is 5.78 Å². The molecule has 0 N–H and O–H groups in total. The van der Waals surface area contributed by atoms with E-state index in [0.717, 1.165) is 29.5 Å². The molecule has 24 heavy (non-hydrogen) atoms. The Balaban J connectivity index is 1.73. The summed E-state index contributed by atoms with van der Waals surface area (Å²) in [5.74, 6) is -3.85. The van der Waals surface area contributed by atoms with Gasteiger partial charge in [-0.1, -0.05) is 6.07 Å². The molecule has 7 heteroatoms. The number of carbonyl (C=O) groups is 2. The Hall–Kier alpha value is -2.67. The smallest absolute Gasteiger partial charge is 0.348 e. The number of fused-ring (bicyclic) bond motifs is 1. The molecule has 0 fully saturated rings. The fourth-order valence-electron chi connectivity index (χ4n) is 2.12. The maximum absolute atomic E-state index is 13.6. The van der Waals surface area contributed by atoms with Gasteiger partial charge in [-0.25, -0.2) is 18.0 Å². The number of benzene rings is 2. The summed E-state index contributed by atoms with van der Waals surface area (Å²) >= 11 is 1.01. The van der Waals surface area contributed by atoms with Crippen molar-refractivity contribution in [1.82, 2.24) is 0 Å². The maximum atomic E-state index is 13.6. The van der Waals surface area contributed by atoms with E-state index in [2.05, 4.69) is 0 Å². The van der Waals surface area contributed by atoms with Crippen LogP contribution in [0.15, 0.2) is 42.5 Å². The molecule has 3 rings (SSSR count). The Kier molecular flexibility index (Phi) is 4.35. The summed E-state index contributed by atoms with van der Waals surface area (Å²) in [7, 11) is 0. The molecule has 3 nitrogen and oxygen atoms in total. The monoisotopic (exact) mass is 350 g/mol. The highest BCUT2D eigenvalue weighted by Crippen LogP contribution is 2.28. The Labute approximate surface area is 138 Å². The Bertz CT molecular complexity index is 949. The number of esters is 1. The van der Waals surface area contributed by atoms with Crippen molar-refractivity contribution in [1.29, 1.82) is 0 Å². The Morgan fingerprint density at radius 1 is 1.00 bits per heavy atom. The minimum atomic E-state index is -0.901. The van der Waals surface area contributed by atoms with Crippen molar-refractivity contribution < 1.29 is 27.5 Å². The fraction of sp³-hybridized carbons (Fsp3) is 0.0588. The molecule has 0 saturated carbocycles. The predicted molar refractivity (Wildman–Crippen MR) is 82.8 cm³/mol. The summed E-state index contributed by atoms with van der Waals surface area (Å²) in [4.78, 5) is 23.9. The highest BCUT2D eigenvalue weighted by molar-refractivity contribution is 7.20. The van der Waals surface area contributed by atoms with Crippen molar-refractivity contribution in [3.05, 3.63) is 70.4 Å². The van der Waals surface area contributed by atoms with Gasteiger partial charge in [0.25, 0.3) is 0 Å². The van der Waals surface area contributed by atoms with E-state index >= 15 is 0 Å². The van der Waals surface area contributed by atoms with Gasteiger partial charge in [-0.05, 0) is 36.4 Å². The summed E-state index contributed by atoms with van der Waals surface area (Å²) in [6.45, 7) is -0.740. The van der Waals surface area contributed by atoms with Gasteiger partial charge < -0.3 is 4.74 Å². The van der Waals surface area contributed by atoms with Crippen LogP contribution in [-0.4, -0.2) is 18.4 Å². The third-order valence-corrected chi connectivity index (χ3v) is 4.35. The zero-order valence-electron chi connectivity index (χ0n) is 12.0. The SMILES string of the molecule is O=C(OCC(=O)c1cc(F)ccc1F)c1cc2c(F)cccc2s1. The summed E-state index contributed by atoms with van der Waals surface area (Å²) in [6, 6.07) is 8.18. The molecule has 0 unspecified atom stereocenters. The number of carbonyl (C=O) groups excluding carboxylic acids is 2. The van der Waals surface area contributed by atoms with Crippen molar-refractivity contribution >= 4 is 33.2 Å². The molecule has 0 aliphatic carbocycles. The van der Waals surface area contributed by atoms with E-state index in [1.165, 1.54) is 18.2 Å². The van der Waals surface area contributed by atoms with E-state index < -0.39 is 41.4 Å². The van der Waals surface area contributed by atoms with E-state index in [0.29, 0.717) is 4.70 Å². The molecule has 0 spiro atoms. The number of hydrogen-bond acceptors (Lipinski definition) is 4. The van der Waals surface area contributed by atoms with Gasteiger partial charge in [-0.2, -0.15) is 0 Å². The quantitative estimate of drug-likeness (QED) is 0.519. The van der Waals surface area contributed by atoms with Crippen LogP contribution in [0.5, 0.6) is 0 Å². The minimum Gasteiger partial charge on any atom is -0.453 e. The molecule has 0 radical (unpaired) electrons. The Morgan fingerprint density at radius 2 is 1.79 bits per heavy atom. The van der Waals surface area contributed by atoms with Crippen molar-refractivity contribution in [2.75, 3.05) is 6.61 Å². The topological polar surface area (TPSA) is 43.4 Å². The average Bonchev–Trinajstić information content (AvgIpc) is 3.00. The summed E-state index contributed by atoms with van der Waals surface area (Å²) in [5, 5.41) is 0.275. The fourth-order valence-corrected chi connectivity index (χ4v) is 3.09. The molecule has 122 valence electrons. The molecule has 0 bridgehead atoms. The first-order valence-electron chi connectivity index (χ1n) is 6.79. The molecular formula is C17H9F3O3S. The lowest BCUT2D eigenvalue weighted by Crippen LogP contribution is -2.15. The van der Waals surface area contributed by atoms with Crippen LogP contribution in [0.25, 0.3) is 10.1 Å². The lowest BCUT2D eigenvalue weighted by Gasteiger charge is -2.04. The lowest BCUT2D eigenvalue weighted by molar-refractivity contribution is 0.0478. The van der Waals surface area contributed by atoms with Gasteiger partial charge in [-0.3, -0.25) is 4.79 Å². The molecule has 3 aromatic rings. The molecule has 1 aromatic heterocycles. The van der Waals surface area contributed by atoms with E-state index in [-0.39, 0.29) is 10.3 Å². The van der Waals surface area contributed by atoms with Crippen LogP contribution in [0.1, 0.15) is 20.0 Å². The molecule has 0 saturated heterocycles. The Morgan fingerprint density at radius 3 is 2.54 bits per heavy atom. The van der Waals surface area contributed by atoms with Crippen molar-refractivity contribution in [2.24, 2.45) is 0 Å². The second-order valence-corrected chi connectivity index (χ2v) is 5.97. The van der Waals surface area contributed by atoms with E-state index in [1.807, 2.05) is 0 Å². The maximum Gasteiger partial charge on any atom is 0.348 e. The summed E-state index contributed by atoms with van der Waals surface area (Å²) < 4.78 is 45.5. The van der Waals surface area contributed by atoms with E-state index in [4.69, 9.17) is 4.74 Å². The lowest BCUT2D eigenvalue weighted by atomic mass is 10.1. The van der Waals surface area contributed by atoms with Crippen LogP contribution in [0.2, 0.25) is 0 Å². The van der Waals surface area contributed by atoms with Crippen LogP contribution in [0.3, 0.4) is 0 Å². The van der Waals surface area contributed by atoms with Crippen molar-refractivity contribution in [3.8, 4) is 0 Å². The minimum absolute atomic E-state index is 0.114. The van der Waals surface area contributed by atoms with Crippen LogP contribution in [0.4, 0.5) is 13.2 Å². The van der Waals surface area contributed by atoms with Gasteiger partial charge >= 0.3 is 5.97 Å². The first-order chi connectivity index (χ1) is 11.5. The van der Waals surface area contributed by atoms with Crippen molar-refractivity contribution in [3.63, 3.8) is 0 Å². The number of ether oxygens (including phenoxy) is 1. The first-order valence-corrected chi connectivity index (χ1v) is 7.61. The van der Waals surface area contributed by atoms with Gasteiger partial charge in [-0.15, -0.1) is 11.3 Å². The standard InChI is InChI=1S/C17H9F3O3S/c18-9-4-5-13(20)10(6-9)14(21)8-23-17(22)16-7-11-12(19)2-1-3-15(11)24-16/h1-7H,8H2. The normalized spacial score (nSPS) is 10.8. The number of Topliss-reactive ketones (excluding diaryl/α,β-unsaturated/α-hetero) is 1. The van der Waals surface area contributed by atoms with E-state index in [1.54, 1.807) is 6.07 Å². The van der Waals surface area contributed by atoms with Crippen LogP contribution < -0.4 is 0 Å². The van der Waals surface area contributed by atoms with Gasteiger partial charge in [0.05, 0.1) is 5.56 Å². The number of hydrogen-bond donors (Lipinski definition) is 0.